The molecule has 1 nitrogen and oxygen atoms in total. The van der Waals surface area contributed by atoms with Crippen LogP contribution in [0.4, 0.5) is 13.2 Å². The van der Waals surface area contributed by atoms with Gasteiger partial charge in [-0.05, 0) is 60.9 Å². The average molecular weight is 319 g/mol. The molecule has 0 spiro atoms. The first kappa shape index (κ1) is 18.4. The zero-order valence-electron chi connectivity index (χ0n) is 13.0. The molecule has 2 aliphatic carbocycles. The van der Waals surface area contributed by atoms with Crippen LogP contribution in [0, 0.1) is 11.8 Å². The van der Waals surface area contributed by atoms with Crippen molar-refractivity contribution >= 4 is 12.8 Å². The van der Waals surface area contributed by atoms with Gasteiger partial charge in [0, 0.05) is 0 Å². The van der Waals surface area contributed by atoms with Crippen LogP contribution in [0.15, 0.2) is 18.2 Å². The van der Waals surface area contributed by atoms with E-state index in [1.165, 1.54) is 12.1 Å². The SMILES string of the molecule is CC(C)C.CNS.FC(F)(F)c1ccc2c(c1)[C@@H]1C[C@@H]1C2. The smallest absolute Gasteiger partial charge is 0.270 e. The fourth-order valence-electron chi connectivity index (χ4n) is 2.44. The molecule has 0 heterocycles. The second-order valence-electron chi connectivity index (χ2n) is 6.17. The minimum Gasteiger partial charge on any atom is -0.270 e. The van der Waals surface area contributed by atoms with Crippen LogP contribution in [0.2, 0.25) is 0 Å². The number of halogens is 3. The van der Waals surface area contributed by atoms with Gasteiger partial charge < -0.3 is 0 Å². The highest BCUT2D eigenvalue weighted by atomic mass is 32.1. The molecular weight excluding hydrogens is 295 g/mol. The van der Waals surface area contributed by atoms with E-state index >= 15 is 0 Å². The Bertz CT molecular complexity index is 455. The molecule has 120 valence electrons. The molecule has 2 atom stereocenters. The quantitative estimate of drug-likeness (QED) is 0.636. The van der Waals surface area contributed by atoms with E-state index in [4.69, 9.17) is 0 Å². The van der Waals surface area contributed by atoms with E-state index < -0.39 is 11.7 Å². The molecule has 1 aromatic rings. The molecule has 1 aromatic carbocycles. The van der Waals surface area contributed by atoms with Crippen LogP contribution in [0.5, 0.6) is 0 Å². The van der Waals surface area contributed by atoms with E-state index in [1.54, 1.807) is 13.1 Å². The number of rotatable bonds is 0. The van der Waals surface area contributed by atoms with Crippen molar-refractivity contribution in [2.45, 2.75) is 45.7 Å². The molecule has 0 radical (unpaired) electrons. The lowest BCUT2D eigenvalue weighted by Crippen LogP contribution is -2.05. The summed E-state index contributed by atoms with van der Waals surface area (Å²) in [5.74, 6) is 1.92. The number of fused-ring (bicyclic) bond motifs is 3. The van der Waals surface area contributed by atoms with Gasteiger partial charge in [0.1, 0.15) is 0 Å². The number of hydrogen-bond donors (Lipinski definition) is 2. The molecule has 21 heavy (non-hydrogen) atoms. The molecule has 2 aliphatic rings. The molecule has 0 saturated heterocycles. The molecule has 1 fully saturated rings. The Hall–Kier alpha value is -0.680. The molecule has 3 rings (SSSR count). The van der Waals surface area contributed by atoms with E-state index in [2.05, 4.69) is 38.3 Å². The fourth-order valence-corrected chi connectivity index (χ4v) is 2.44. The van der Waals surface area contributed by atoms with E-state index in [-0.39, 0.29) is 0 Å². The molecule has 0 aliphatic heterocycles. The maximum absolute atomic E-state index is 12.4. The van der Waals surface area contributed by atoms with Crippen molar-refractivity contribution in [3.05, 3.63) is 34.9 Å². The topological polar surface area (TPSA) is 12.0 Å². The van der Waals surface area contributed by atoms with Crippen LogP contribution in [0.25, 0.3) is 0 Å². The Morgan fingerprint density at radius 3 is 2.24 bits per heavy atom. The minimum atomic E-state index is -4.19. The van der Waals surface area contributed by atoms with Gasteiger partial charge in [-0.15, -0.1) is 0 Å². The lowest BCUT2D eigenvalue weighted by Gasteiger charge is -2.09. The van der Waals surface area contributed by atoms with E-state index in [9.17, 15) is 13.2 Å². The number of hydrogen-bond acceptors (Lipinski definition) is 2. The van der Waals surface area contributed by atoms with Crippen LogP contribution < -0.4 is 4.72 Å². The second-order valence-corrected chi connectivity index (χ2v) is 6.62. The van der Waals surface area contributed by atoms with Crippen molar-refractivity contribution in [2.24, 2.45) is 11.8 Å². The van der Waals surface area contributed by atoms with Crippen LogP contribution in [0.3, 0.4) is 0 Å². The number of benzene rings is 1. The van der Waals surface area contributed by atoms with Crippen molar-refractivity contribution in [2.75, 3.05) is 7.05 Å². The van der Waals surface area contributed by atoms with Crippen LogP contribution in [0.1, 0.15) is 49.8 Å². The predicted octanol–water partition coefficient (Wildman–Crippen LogP) is 5.08. The molecule has 0 amide bonds. The largest absolute Gasteiger partial charge is 0.416 e. The number of nitrogens with one attached hydrogen (secondary N) is 1. The summed E-state index contributed by atoms with van der Waals surface area (Å²) in [5, 5.41) is 0. The standard InChI is InChI=1S/C11H9F3.C4H10.CH5NS/c12-11(13,14)8-2-1-6-3-7-4-9(7)10(6)5-8;1-4(2)3;1-2-3/h1-2,5,7,9H,3-4H2;4H,1-3H3;2-3H,1H3/t7-,9+;;/m0../s1. The van der Waals surface area contributed by atoms with Gasteiger partial charge in [-0.2, -0.15) is 13.2 Å². The highest BCUT2D eigenvalue weighted by Gasteiger charge is 2.45. The third kappa shape index (κ3) is 5.55. The summed E-state index contributed by atoms with van der Waals surface area (Å²) >= 11 is 3.54. The van der Waals surface area contributed by atoms with Crippen molar-refractivity contribution < 1.29 is 13.2 Å². The van der Waals surface area contributed by atoms with Gasteiger partial charge in [-0.1, -0.05) is 39.7 Å². The molecule has 1 N–H and O–H groups in total. The van der Waals surface area contributed by atoms with Crippen LogP contribution in [-0.4, -0.2) is 7.05 Å². The zero-order chi connectivity index (χ0) is 16.2. The number of alkyl halides is 3. The molecular formula is C16H24F3NS. The van der Waals surface area contributed by atoms with E-state index in [0.29, 0.717) is 11.8 Å². The summed E-state index contributed by atoms with van der Waals surface area (Å²) in [6.45, 7) is 6.50. The lowest BCUT2D eigenvalue weighted by atomic mass is 10.0. The Morgan fingerprint density at radius 1 is 1.24 bits per heavy atom. The predicted molar refractivity (Wildman–Crippen MR) is 84.6 cm³/mol. The highest BCUT2D eigenvalue weighted by molar-refractivity contribution is 7.78. The third-order valence-corrected chi connectivity index (χ3v) is 3.28. The van der Waals surface area contributed by atoms with E-state index in [1.807, 2.05) is 0 Å². The van der Waals surface area contributed by atoms with Crippen molar-refractivity contribution in [1.29, 1.82) is 0 Å². The van der Waals surface area contributed by atoms with Gasteiger partial charge in [-0.3, -0.25) is 4.72 Å². The van der Waals surface area contributed by atoms with Gasteiger partial charge in [0.15, 0.2) is 0 Å². The Balaban J connectivity index is 0.000000270. The third-order valence-electron chi connectivity index (χ3n) is 3.28. The Morgan fingerprint density at radius 2 is 1.76 bits per heavy atom. The highest BCUT2D eigenvalue weighted by Crippen LogP contribution is 2.56. The van der Waals surface area contributed by atoms with Gasteiger partial charge in [0.2, 0.25) is 0 Å². The summed E-state index contributed by atoms with van der Waals surface area (Å²) in [5.41, 5.74) is 1.58. The summed E-state index contributed by atoms with van der Waals surface area (Å²) in [7, 11) is 1.74. The van der Waals surface area contributed by atoms with E-state index in [0.717, 1.165) is 29.9 Å². The molecule has 5 heteroatoms. The first-order valence-electron chi connectivity index (χ1n) is 7.21. The van der Waals surface area contributed by atoms with Gasteiger partial charge in [0.25, 0.3) is 0 Å². The summed E-state index contributed by atoms with van der Waals surface area (Å²) in [6.07, 6.45) is -2.12. The normalized spacial score (nSPS) is 21.6. The monoisotopic (exact) mass is 319 g/mol. The maximum Gasteiger partial charge on any atom is 0.416 e. The van der Waals surface area contributed by atoms with Crippen molar-refractivity contribution in [3.8, 4) is 0 Å². The van der Waals surface area contributed by atoms with Crippen LogP contribution in [-0.2, 0) is 12.6 Å². The van der Waals surface area contributed by atoms with Gasteiger partial charge in [-0.25, -0.2) is 0 Å². The second kappa shape index (κ2) is 7.54. The summed E-state index contributed by atoms with van der Waals surface area (Å²) < 4.78 is 39.6. The van der Waals surface area contributed by atoms with Gasteiger partial charge >= 0.3 is 6.18 Å². The van der Waals surface area contributed by atoms with Gasteiger partial charge in [0.05, 0.1) is 5.56 Å². The van der Waals surface area contributed by atoms with Crippen molar-refractivity contribution in [1.82, 2.24) is 4.72 Å². The summed E-state index contributed by atoms with van der Waals surface area (Å²) in [4.78, 5) is 0. The number of thiol groups is 1. The molecule has 0 aromatic heterocycles. The molecule has 1 saturated carbocycles. The Kier molecular flexibility index (Phi) is 6.60. The minimum absolute atomic E-state index is 0.437. The zero-order valence-corrected chi connectivity index (χ0v) is 13.9. The Labute approximate surface area is 130 Å². The average Bonchev–Trinajstić information content (AvgIpc) is 3.00. The first-order valence-corrected chi connectivity index (χ1v) is 7.66. The maximum atomic E-state index is 12.4. The lowest BCUT2D eigenvalue weighted by molar-refractivity contribution is -0.137. The molecule has 0 bridgehead atoms. The molecule has 0 unspecified atom stereocenters. The first-order chi connectivity index (χ1) is 9.70. The van der Waals surface area contributed by atoms with Crippen LogP contribution >= 0.6 is 12.8 Å². The summed E-state index contributed by atoms with van der Waals surface area (Å²) in [6, 6.07) is 4.18. The van der Waals surface area contributed by atoms with Crippen molar-refractivity contribution in [3.63, 3.8) is 0 Å². The fraction of sp³-hybridized carbons (Fsp3) is 0.625.